The van der Waals surface area contributed by atoms with Crippen molar-refractivity contribution < 1.29 is 9.26 Å². The van der Waals surface area contributed by atoms with Gasteiger partial charge in [-0.15, -0.1) is 0 Å². The Labute approximate surface area is 166 Å². The molecule has 0 bridgehead atoms. The average molecular weight is 387 g/mol. The first-order valence-electron chi connectivity index (χ1n) is 9.94. The van der Waals surface area contributed by atoms with Crippen LogP contribution in [0.1, 0.15) is 31.0 Å². The Balaban J connectivity index is 1.49. The van der Waals surface area contributed by atoms with Gasteiger partial charge < -0.3 is 19.5 Å². The average Bonchev–Trinajstić information content (AvgIpc) is 3.24. The van der Waals surface area contributed by atoms with Crippen LogP contribution in [0.15, 0.2) is 40.2 Å². The van der Waals surface area contributed by atoms with E-state index in [-0.39, 0.29) is 0 Å². The van der Waals surface area contributed by atoms with Gasteiger partial charge in [-0.1, -0.05) is 24.6 Å². The van der Waals surface area contributed by atoms with Gasteiger partial charge in [0.1, 0.15) is 6.26 Å². The molecule has 8 nitrogen and oxygen atoms in total. The molecule has 28 heavy (non-hydrogen) atoms. The van der Waals surface area contributed by atoms with Crippen LogP contribution in [0.25, 0.3) is 0 Å². The number of hydrogen-bond acceptors (Lipinski definition) is 6. The van der Waals surface area contributed by atoms with Gasteiger partial charge in [-0.25, -0.2) is 4.98 Å². The summed E-state index contributed by atoms with van der Waals surface area (Å²) in [5, 5.41) is 7.45. The number of unbranched alkanes of at least 4 members (excludes halogenated alkanes) is 1. The van der Waals surface area contributed by atoms with Crippen molar-refractivity contribution in [1.29, 1.82) is 0 Å². The van der Waals surface area contributed by atoms with Crippen molar-refractivity contribution in [3.8, 4) is 5.88 Å². The maximum absolute atomic E-state index is 5.83. The third-order valence-corrected chi connectivity index (χ3v) is 4.78. The van der Waals surface area contributed by atoms with E-state index in [9.17, 15) is 0 Å². The lowest BCUT2D eigenvalue weighted by atomic mass is 10.2. The van der Waals surface area contributed by atoms with E-state index in [0.29, 0.717) is 19.0 Å². The molecule has 2 aromatic rings. The van der Waals surface area contributed by atoms with Gasteiger partial charge in [0, 0.05) is 64.1 Å². The molecule has 0 saturated carbocycles. The van der Waals surface area contributed by atoms with Crippen LogP contribution in [0.2, 0.25) is 0 Å². The molecule has 0 amide bonds. The summed E-state index contributed by atoms with van der Waals surface area (Å²) in [6, 6.07) is 5.90. The summed E-state index contributed by atoms with van der Waals surface area (Å²) in [4.78, 5) is 13.5. The molecule has 3 heterocycles. The van der Waals surface area contributed by atoms with E-state index in [4.69, 9.17) is 9.26 Å². The number of piperazine rings is 1. The standard InChI is InChI=1S/C20H30N6O2/c1-3-4-13-27-19-17(6-5-8-22-19)15-23-20(21-2)26-11-9-25(10-12-26)16-18-7-14-28-24-18/h5-8,14H,3-4,9-13,15-16H2,1-2H3,(H,21,23). The largest absolute Gasteiger partial charge is 0.477 e. The lowest BCUT2D eigenvalue weighted by Gasteiger charge is -2.36. The number of hydrogen-bond donors (Lipinski definition) is 1. The number of aromatic nitrogens is 2. The van der Waals surface area contributed by atoms with E-state index in [2.05, 4.69) is 37.2 Å². The minimum absolute atomic E-state index is 0.640. The van der Waals surface area contributed by atoms with Crippen molar-refractivity contribution in [2.75, 3.05) is 39.8 Å². The second-order valence-electron chi connectivity index (χ2n) is 6.82. The Hall–Kier alpha value is -2.61. The molecule has 1 aliphatic heterocycles. The molecule has 1 fully saturated rings. The van der Waals surface area contributed by atoms with Crippen LogP contribution in [0, 0.1) is 0 Å². The fraction of sp³-hybridized carbons (Fsp3) is 0.550. The third kappa shape index (κ3) is 5.69. The maximum atomic E-state index is 5.83. The van der Waals surface area contributed by atoms with Crippen molar-refractivity contribution in [2.24, 2.45) is 4.99 Å². The van der Waals surface area contributed by atoms with Crippen molar-refractivity contribution in [1.82, 2.24) is 25.3 Å². The number of nitrogens with one attached hydrogen (secondary N) is 1. The second kappa shape index (κ2) is 10.7. The van der Waals surface area contributed by atoms with Gasteiger partial charge in [-0.05, 0) is 12.5 Å². The minimum Gasteiger partial charge on any atom is -0.477 e. The lowest BCUT2D eigenvalue weighted by Crippen LogP contribution is -2.52. The molecule has 1 aliphatic rings. The molecule has 8 heteroatoms. The van der Waals surface area contributed by atoms with Gasteiger partial charge in [0.15, 0.2) is 5.96 Å². The van der Waals surface area contributed by atoms with E-state index in [1.54, 1.807) is 12.5 Å². The van der Waals surface area contributed by atoms with Crippen LogP contribution in [-0.2, 0) is 13.1 Å². The molecule has 152 valence electrons. The molecular formula is C20H30N6O2. The van der Waals surface area contributed by atoms with Crippen LogP contribution in [0.5, 0.6) is 5.88 Å². The van der Waals surface area contributed by atoms with Crippen LogP contribution >= 0.6 is 0 Å². The first kappa shape index (κ1) is 20.1. The summed E-state index contributed by atoms with van der Waals surface area (Å²) in [7, 11) is 1.83. The summed E-state index contributed by atoms with van der Waals surface area (Å²) in [6.45, 7) is 8.08. The van der Waals surface area contributed by atoms with Crippen LogP contribution in [0.4, 0.5) is 0 Å². The highest BCUT2D eigenvalue weighted by atomic mass is 16.5. The van der Waals surface area contributed by atoms with Gasteiger partial charge in [0.25, 0.3) is 0 Å². The molecule has 2 aromatic heterocycles. The Bertz CT molecular complexity index is 726. The quantitative estimate of drug-likeness (QED) is 0.423. The molecule has 0 radical (unpaired) electrons. The number of pyridine rings is 1. The van der Waals surface area contributed by atoms with Crippen molar-refractivity contribution in [3.05, 3.63) is 41.9 Å². The van der Waals surface area contributed by atoms with Gasteiger partial charge in [0.2, 0.25) is 5.88 Å². The number of ether oxygens (including phenoxy) is 1. The predicted octanol–water partition coefficient (Wildman–Crippen LogP) is 2.14. The van der Waals surface area contributed by atoms with E-state index in [1.165, 1.54) is 0 Å². The van der Waals surface area contributed by atoms with Crippen molar-refractivity contribution in [2.45, 2.75) is 32.9 Å². The molecular weight excluding hydrogens is 356 g/mol. The molecule has 0 spiro atoms. The Morgan fingerprint density at radius 2 is 2.14 bits per heavy atom. The molecule has 1 saturated heterocycles. The van der Waals surface area contributed by atoms with E-state index in [0.717, 1.165) is 62.8 Å². The van der Waals surface area contributed by atoms with Gasteiger partial charge in [0.05, 0.1) is 12.3 Å². The number of aliphatic imine (C=N–C) groups is 1. The SMILES string of the molecule is CCCCOc1ncccc1CNC(=NC)N1CCN(Cc2ccon2)CC1. The fourth-order valence-corrected chi connectivity index (χ4v) is 3.17. The van der Waals surface area contributed by atoms with Gasteiger partial charge in [-0.2, -0.15) is 0 Å². The molecule has 0 aromatic carbocycles. The van der Waals surface area contributed by atoms with Crippen LogP contribution in [0.3, 0.4) is 0 Å². The second-order valence-corrected chi connectivity index (χ2v) is 6.82. The van der Waals surface area contributed by atoms with E-state index >= 15 is 0 Å². The first-order valence-corrected chi connectivity index (χ1v) is 9.94. The molecule has 0 unspecified atom stereocenters. The van der Waals surface area contributed by atoms with Crippen molar-refractivity contribution >= 4 is 5.96 Å². The normalized spacial score (nSPS) is 15.6. The molecule has 0 atom stereocenters. The zero-order valence-electron chi connectivity index (χ0n) is 16.8. The monoisotopic (exact) mass is 386 g/mol. The molecule has 3 rings (SSSR count). The summed E-state index contributed by atoms with van der Waals surface area (Å²) < 4.78 is 10.7. The van der Waals surface area contributed by atoms with Crippen LogP contribution in [-0.4, -0.2) is 65.7 Å². The van der Waals surface area contributed by atoms with Gasteiger partial charge >= 0.3 is 0 Å². The van der Waals surface area contributed by atoms with Crippen molar-refractivity contribution in [3.63, 3.8) is 0 Å². The summed E-state index contributed by atoms with van der Waals surface area (Å²) >= 11 is 0. The topological polar surface area (TPSA) is 79.0 Å². The van der Waals surface area contributed by atoms with E-state index in [1.807, 2.05) is 25.2 Å². The zero-order chi connectivity index (χ0) is 19.6. The first-order chi connectivity index (χ1) is 13.8. The highest BCUT2D eigenvalue weighted by Crippen LogP contribution is 2.15. The molecule has 1 N–H and O–H groups in total. The number of guanidine groups is 1. The lowest BCUT2D eigenvalue weighted by molar-refractivity contribution is 0.169. The minimum atomic E-state index is 0.640. The van der Waals surface area contributed by atoms with Gasteiger partial charge in [-0.3, -0.25) is 9.89 Å². The van der Waals surface area contributed by atoms with E-state index < -0.39 is 0 Å². The highest BCUT2D eigenvalue weighted by molar-refractivity contribution is 5.80. The fourth-order valence-electron chi connectivity index (χ4n) is 3.17. The highest BCUT2D eigenvalue weighted by Gasteiger charge is 2.20. The Morgan fingerprint density at radius 3 is 2.86 bits per heavy atom. The van der Waals surface area contributed by atoms with Crippen LogP contribution < -0.4 is 10.1 Å². The number of nitrogens with zero attached hydrogens (tertiary/aromatic N) is 5. The zero-order valence-corrected chi connectivity index (χ0v) is 16.8. The Morgan fingerprint density at radius 1 is 1.29 bits per heavy atom. The third-order valence-electron chi connectivity index (χ3n) is 4.78. The maximum Gasteiger partial charge on any atom is 0.218 e. The number of rotatable bonds is 8. The summed E-state index contributed by atoms with van der Waals surface area (Å²) in [6.07, 6.45) is 5.53. The predicted molar refractivity (Wildman–Crippen MR) is 108 cm³/mol. The Kier molecular flexibility index (Phi) is 7.66. The smallest absolute Gasteiger partial charge is 0.218 e. The summed E-state index contributed by atoms with van der Waals surface area (Å²) in [5.41, 5.74) is 2.02. The molecule has 0 aliphatic carbocycles. The summed E-state index contributed by atoms with van der Waals surface area (Å²) in [5.74, 6) is 1.61.